The van der Waals surface area contributed by atoms with Gasteiger partial charge in [0, 0.05) is 35.9 Å². The molecule has 0 saturated carbocycles. The third kappa shape index (κ3) is 3.98. The van der Waals surface area contributed by atoms with Crippen LogP contribution in [0.4, 0.5) is 17.1 Å². The Balaban J connectivity index is 1.64. The maximum absolute atomic E-state index is 12.1. The van der Waals surface area contributed by atoms with Crippen LogP contribution in [0, 0.1) is 10.1 Å². The molecular weight excluding hydrogens is 388 g/mol. The minimum Gasteiger partial charge on any atom is -0.461 e. The number of carbonyl (C=O) groups excluding carboxylic acids is 1. The molecule has 1 aliphatic heterocycles. The molecule has 0 amide bonds. The summed E-state index contributed by atoms with van der Waals surface area (Å²) in [5.74, 6) is -0.556. The van der Waals surface area contributed by atoms with Gasteiger partial charge in [-0.2, -0.15) is 0 Å². The van der Waals surface area contributed by atoms with Gasteiger partial charge in [0.05, 0.1) is 24.2 Å². The molecule has 2 heterocycles. The number of nitrogens with one attached hydrogen (secondary N) is 3. The van der Waals surface area contributed by atoms with Crippen molar-refractivity contribution in [1.29, 1.82) is 0 Å². The minimum atomic E-state index is -0.556. The van der Waals surface area contributed by atoms with E-state index in [0.717, 1.165) is 24.3 Å². The normalized spacial score (nSPS) is 16.4. The van der Waals surface area contributed by atoms with E-state index < -0.39 is 10.9 Å². The van der Waals surface area contributed by atoms with E-state index in [1.807, 2.05) is 24.3 Å². The van der Waals surface area contributed by atoms with Crippen LogP contribution in [0.3, 0.4) is 0 Å². The van der Waals surface area contributed by atoms with Gasteiger partial charge < -0.3 is 25.1 Å². The van der Waals surface area contributed by atoms with Crippen LogP contribution in [0.15, 0.2) is 42.5 Å². The lowest BCUT2D eigenvalue weighted by atomic mass is 10.1. The molecule has 30 heavy (non-hydrogen) atoms. The number of morpholine rings is 1. The van der Waals surface area contributed by atoms with Crippen molar-refractivity contribution in [3.63, 3.8) is 0 Å². The SMILES string of the molecule is CCOC(=O)c1cc2c(Nc3ccc(C4CNCCO4)cc3)ccc([N+](=O)[O-])c2[nH]1. The van der Waals surface area contributed by atoms with Crippen molar-refractivity contribution in [2.24, 2.45) is 0 Å². The molecule has 2 aromatic carbocycles. The highest BCUT2D eigenvalue weighted by molar-refractivity contribution is 6.04. The molecule has 0 spiro atoms. The third-order valence-electron chi connectivity index (χ3n) is 4.95. The zero-order valence-electron chi connectivity index (χ0n) is 16.4. The van der Waals surface area contributed by atoms with E-state index in [1.165, 1.54) is 6.07 Å². The second-order valence-corrected chi connectivity index (χ2v) is 6.89. The van der Waals surface area contributed by atoms with Gasteiger partial charge in [0.25, 0.3) is 5.69 Å². The fourth-order valence-electron chi connectivity index (χ4n) is 3.50. The second-order valence-electron chi connectivity index (χ2n) is 6.89. The van der Waals surface area contributed by atoms with E-state index in [4.69, 9.17) is 9.47 Å². The predicted octanol–water partition coefficient (Wildman–Crippen LogP) is 3.66. The number of aromatic amines is 1. The summed E-state index contributed by atoms with van der Waals surface area (Å²) >= 11 is 0. The molecule has 0 aliphatic carbocycles. The van der Waals surface area contributed by atoms with Crippen LogP contribution in [-0.2, 0) is 9.47 Å². The van der Waals surface area contributed by atoms with Crippen LogP contribution >= 0.6 is 0 Å². The van der Waals surface area contributed by atoms with Crippen LogP contribution in [0.25, 0.3) is 10.9 Å². The Morgan fingerprint density at radius 3 is 2.77 bits per heavy atom. The number of ether oxygens (including phenoxy) is 2. The average Bonchev–Trinajstić information content (AvgIpc) is 3.21. The van der Waals surface area contributed by atoms with Gasteiger partial charge in [-0.1, -0.05) is 12.1 Å². The van der Waals surface area contributed by atoms with Crippen molar-refractivity contribution in [3.8, 4) is 0 Å². The number of aromatic nitrogens is 1. The first kappa shape index (κ1) is 19.9. The summed E-state index contributed by atoms with van der Waals surface area (Å²) in [5.41, 5.74) is 2.87. The van der Waals surface area contributed by atoms with Crippen LogP contribution in [0.5, 0.6) is 0 Å². The molecule has 1 aromatic heterocycles. The van der Waals surface area contributed by atoms with Gasteiger partial charge in [0.15, 0.2) is 0 Å². The maximum Gasteiger partial charge on any atom is 0.354 e. The van der Waals surface area contributed by atoms with E-state index in [0.29, 0.717) is 17.7 Å². The Hall–Kier alpha value is -3.43. The molecule has 1 unspecified atom stereocenters. The number of nitrogens with zero attached hydrogens (tertiary/aromatic N) is 1. The number of benzene rings is 2. The average molecular weight is 410 g/mol. The lowest BCUT2D eigenvalue weighted by Gasteiger charge is -2.24. The molecule has 9 heteroatoms. The van der Waals surface area contributed by atoms with E-state index in [1.54, 1.807) is 19.1 Å². The highest BCUT2D eigenvalue weighted by Crippen LogP contribution is 2.34. The van der Waals surface area contributed by atoms with Crippen molar-refractivity contribution >= 4 is 33.9 Å². The standard InChI is InChI=1S/C21H22N4O5/c1-2-29-21(26)17-11-15-16(7-8-18(25(27)28)20(15)24-17)23-14-5-3-13(4-6-14)19-12-22-9-10-30-19/h3-8,11,19,22-24H,2,9-10,12H2,1H3. The van der Waals surface area contributed by atoms with Crippen molar-refractivity contribution in [2.75, 3.05) is 31.6 Å². The number of nitro benzene ring substituents is 1. The number of hydrogen-bond acceptors (Lipinski definition) is 7. The number of rotatable bonds is 6. The largest absolute Gasteiger partial charge is 0.461 e. The number of esters is 1. The molecule has 0 radical (unpaired) electrons. The summed E-state index contributed by atoms with van der Waals surface area (Å²) in [4.78, 5) is 25.8. The summed E-state index contributed by atoms with van der Waals surface area (Å²) < 4.78 is 10.8. The molecule has 1 aliphatic rings. The lowest BCUT2D eigenvalue weighted by Crippen LogP contribution is -2.33. The van der Waals surface area contributed by atoms with Gasteiger partial charge in [-0.15, -0.1) is 0 Å². The first-order valence-corrected chi connectivity index (χ1v) is 9.73. The van der Waals surface area contributed by atoms with E-state index in [9.17, 15) is 14.9 Å². The summed E-state index contributed by atoms with van der Waals surface area (Å²) in [6, 6.07) is 12.4. The molecule has 4 rings (SSSR count). The Morgan fingerprint density at radius 1 is 1.30 bits per heavy atom. The number of anilines is 2. The summed E-state index contributed by atoms with van der Waals surface area (Å²) in [5, 5.41) is 18.5. The fraction of sp³-hybridized carbons (Fsp3) is 0.286. The van der Waals surface area contributed by atoms with Gasteiger partial charge >= 0.3 is 5.97 Å². The van der Waals surface area contributed by atoms with Crippen LogP contribution < -0.4 is 10.6 Å². The molecule has 3 N–H and O–H groups in total. The van der Waals surface area contributed by atoms with Crippen LogP contribution in [-0.4, -0.2) is 42.2 Å². The molecule has 0 bridgehead atoms. The number of non-ortho nitro benzene ring substituents is 1. The topological polar surface area (TPSA) is 119 Å². The molecule has 9 nitrogen and oxygen atoms in total. The van der Waals surface area contributed by atoms with Gasteiger partial charge in [-0.3, -0.25) is 10.1 Å². The summed E-state index contributed by atoms with van der Waals surface area (Å²) in [6.45, 7) is 4.23. The smallest absolute Gasteiger partial charge is 0.354 e. The summed E-state index contributed by atoms with van der Waals surface area (Å²) in [7, 11) is 0. The second kappa shape index (κ2) is 8.52. The van der Waals surface area contributed by atoms with Gasteiger partial charge in [-0.25, -0.2) is 4.79 Å². The Labute approximate surface area is 172 Å². The maximum atomic E-state index is 12.1. The molecule has 1 atom stereocenters. The first-order chi connectivity index (χ1) is 14.6. The van der Waals surface area contributed by atoms with E-state index in [-0.39, 0.29) is 29.6 Å². The van der Waals surface area contributed by atoms with Gasteiger partial charge in [-0.05, 0) is 36.8 Å². The molecular formula is C21H22N4O5. The van der Waals surface area contributed by atoms with Gasteiger partial charge in [0.1, 0.15) is 11.2 Å². The lowest BCUT2D eigenvalue weighted by molar-refractivity contribution is -0.383. The molecule has 156 valence electrons. The highest BCUT2D eigenvalue weighted by atomic mass is 16.6. The highest BCUT2D eigenvalue weighted by Gasteiger charge is 2.21. The zero-order chi connectivity index (χ0) is 21.1. The predicted molar refractivity (Wildman–Crippen MR) is 112 cm³/mol. The first-order valence-electron chi connectivity index (χ1n) is 9.73. The fourth-order valence-corrected chi connectivity index (χ4v) is 3.50. The minimum absolute atomic E-state index is 0.0238. The third-order valence-corrected chi connectivity index (χ3v) is 4.95. The van der Waals surface area contributed by atoms with Crippen molar-refractivity contribution < 1.29 is 19.2 Å². The Morgan fingerprint density at radius 2 is 2.10 bits per heavy atom. The molecule has 3 aromatic rings. The monoisotopic (exact) mass is 410 g/mol. The Kier molecular flexibility index (Phi) is 5.64. The van der Waals surface area contributed by atoms with Crippen molar-refractivity contribution in [1.82, 2.24) is 10.3 Å². The van der Waals surface area contributed by atoms with Crippen molar-refractivity contribution in [3.05, 3.63) is 63.8 Å². The number of hydrogen-bond donors (Lipinski definition) is 3. The van der Waals surface area contributed by atoms with Crippen LogP contribution in [0.1, 0.15) is 29.1 Å². The number of fused-ring (bicyclic) bond motifs is 1. The van der Waals surface area contributed by atoms with E-state index in [2.05, 4.69) is 15.6 Å². The van der Waals surface area contributed by atoms with E-state index >= 15 is 0 Å². The summed E-state index contributed by atoms with van der Waals surface area (Å²) in [6.07, 6.45) is 0.0238. The number of H-pyrrole nitrogens is 1. The van der Waals surface area contributed by atoms with Gasteiger partial charge in [0.2, 0.25) is 0 Å². The van der Waals surface area contributed by atoms with Crippen molar-refractivity contribution in [2.45, 2.75) is 13.0 Å². The Bertz CT molecular complexity index is 1070. The quantitative estimate of drug-likeness (QED) is 0.322. The number of nitro groups is 1. The number of carbonyl (C=O) groups is 1. The molecule has 1 fully saturated rings. The van der Waals surface area contributed by atoms with Crippen LogP contribution in [0.2, 0.25) is 0 Å². The molecule has 1 saturated heterocycles. The zero-order valence-corrected chi connectivity index (χ0v) is 16.4.